The van der Waals surface area contributed by atoms with Gasteiger partial charge in [0.05, 0.1) is 6.33 Å². The number of benzene rings is 2. The zero-order valence-electron chi connectivity index (χ0n) is 12.8. The largest absolute Gasteiger partial charge is 0.399 e. The van der Waals surface area contributed by atoms with Crippen molar-refractivity contribution in [1.29, 1.82) is 0 Å². The lowest BCUT2D eigenvalue weighted by Crippen LogP contribution is -2.13. The number of nitrogen functional groups attached to an aromatic ring is 1. The lowest BCUT2D eigenvalue weighted by Gasteiger charge is -2.05. The van der Waals surface area contributed by atoms with Crippen molar-refractivity contribution in [2.75, 3.05) is 5.73 Å². The molecule has 6 heteroatoms. The molecule has 4 rings (SSSR count). The fourth-order valence-corrected chi connectivity index (χ4v) is 2.66. The molecule has 3 N–H and O–H groups in total. The van der Waals surface area contributed by atoms with E-state index >= 15 is 0 Å². The minimum absolute atomic E-state index is 0.208. The molecule has 0 radical (unpaired) electrons. The highest BCUT2D eigenvalue weighted by Gasteiger charge is 2.12. The third-order valence-corrected chi connectivity index (χ3v) is 3.86. The smallest absolute Gasteiger partial charge is 0.277 e. The SMILES string of the molecule is Nc1ccc(-c2nc3ncn(Cc4ccccc4)c3c(=O)[nH]2)cc1. The first-order chi connectivity index (χ1) is 11.7. The number of aromatic amines is 1. The van der Waals surface area contributed by atoms with Crippen molar-refractivity contribution in [2.24, 2.45) is 0 Å². The number of hydrogen-bond donors (Lipinski definition) is 2. The molecule has 4 aromatic rings. The second-order valence-electron chi connectivity index (χ2n) is 5.57. The van der Waals surface area contributed by atoms with Crippen molar-refractivity contribution >= 4 is 16.9 Å². The van der Waals surface area contributed by atoms with Gasteiger partial charge in [-0.3, -0.25) is 4.79 Å². The van der Waals surface area contributed by atoms with Gasteiger partial charge in [-0.2, -0.15) is 0 Å². The third-order valence-electron chi connectivity index (χ3n) is 3.86. The van der Waals surface area contributed by atoms with E-state index in [4.69, 9.17) is 5.73 Å². The monoisotopic (exact) mass is 317 g/mol. The average molecular weight is 317 g/mol. The first-order valence-electron chi connectivity index (χ1n) is 7.56. The highest BCUT2D eigenvalue weighted by molar-refractivity contribution is 5.73. The molecule has 6 nitrogen and oxygen atoms in total. The van der Waals surface area contributed by atoms with Crippen molar-refractivity contribution in [3.8, 4) is 11.4 Å². The van der Waals surface area contributed by atoms with Crippen LogP contribution < -0.4 is 11.3 Å². The molecular weight excluding hydrogens is 302 g/mol. The van der Waals surface area contributed by atoms with Crippen LogP contribution in [-0.2, 0) is 6.54 Å². The summed E-state index contributed by atoms with van der Waals surface area (Å²) in [6.45, 7) is 0.573. The highest BCUT2D eigenvalue weighted by atomic mass is 16.1. The number of imidazole rings is 1. The maximum atomic E-state index is 12.5. The first kappa shape index (κ1) is 14.2. The van der Waals surface area contributed by atoms with Crippen LogP contribution in [0.5, 0.6) is 0 Å². The van der Waals surface area contributed by atoms with Crippen molar-refractivity contribution in [2.45, 2.75) is 6.54 Å². The summed E-state index contributed by atoms with van der Waals surface area (Å²) >= 11 is 0. The van der Waals surface area contributed by atoms with E-state index in [0.29, 0.717) is 29.2 Å². The second kappa shape index (κ2) is 5.66. The molecule has 0 atom stereocenters. The van der Waals surface area contributed by atoms with Crippen molar-refractivity contribution in [3.63, 3.8) is 0 Å². The Bertz CT molecular complexity index is 1050. The number of hydrogen-bond acceptors (Lipinski definition) is 4. The minimum atomic E-state index is -0.208. The van der Waals surface area contributed by atoms with E-state index in [1.165, 1.54) is 0 Å². The van der Waals surface area contributed by atoms with Gasteiger partial charge >= 0.3 is 0 Å². The van der Waals surface area contributed by atoms with Gasteiger partial charge in [-0.05, 0) is 29.8 Å². The zero-order valence-corrected chi connectivity index (χ0v) is 12.8. The summed E-state index contributed by atoms with van der Waals surface area (Å²) in [5.74, 6) is 0.484. The Morgan fingerprint density at radius 2 is 1.79 bits per heavy atom. The molecule has 0 aliphatic carbocycles. The number of fused-ring (bicyclic) bond motifs is 1. The molecule has 0 saturated carbocycles. The second-order valence-corrected chi connectivity index (χ2v) is 5.57. The summed E-state index contributed by atoms with van der Waals surface area (Å²) in [6, 6.07) is 17.1. The predicted octanol–water partition coefficient (Wildman–Crippen LogP) is 2.42. The fraction of sp³-hybridized carbons (Fsp3) is 0.0556. The van der Waals surface area contributed by atoms with Crippen LogP contribution in [0.4, 0.5) is 5.69 Å². The molecule has 0 fully saturated rings. The van der Waals surface area contributed by atoms with Gasteiger partial charge in [-0.15, -0.1) is 0 Å². The van der Waals surface area contributed by atoms with Gasteiger partial charge in [-0.1, -0.05) is 30.3 Å². The molecule has 0 aliphatic heterocycles. The number of nitrogens with zero attached hydrogens (tertiary/aromatic N) is 3. The Balaban J connectivity index is 1.78. The van der Waals surface area contributed by atoms with E-state index in [-0.39, 0.29) is 5.56 Å². The van der Waals surface area contributed by atoms with Crippen LogP contribution in [0.25, 0.3) is 22.6 Å². The number of aromatic nitrogens is 4. The fourth-order valence-electron chi connectivity index (χ4n) is 2.66. The average Bonchev–Trinajstić information content (AvgIpc) is 3.00. The molecular formula is C18H15N5O. The summed E-state index contributed by atoms with van der Waals surface area (Å²) in [4.78, 5) is 24.1. The molecule has 24 heavy (non-hydrogen) atoms. The van der Waals surface area contributed by atoms with E-state index in [2.05, 4.69) is 15.0 Å². The molecule has 2 aromatic heterocycles. The van der Waals surface area contributed by atoms with Crippen molar-refractivity contribution < 1.29 is 0 Å². The zero-order chi connectivity index (χ0) is 16.5. The molecule has 2 aromatic carbocycles. The van der Waals surface area contributed by atoms with E-state index in [1.807, 2.05) is 47.0 Å². The van der Waals surface area contributed by atoms with Crippen LogP contribution in [0, 0.1) is 0 Å². The third kappa shape index (κ3) is 2.54. The van der Waals surface area contributed by atoms with E-state index in [0.717, 1.165) is 11.1 Å². The first-order valence-corrected chi connectivity index (χ1v) is 7.56. The van der Waals surface area contributed by atoms with Crippen molar-refractivity contribution in [1.82, 2.24) is 19.5 Å². The van der Waals surface area contributed by atoms with Gasteiger partial charge in [0, 0.05) is 17.8 Å². The van der Waals surface area contributed by atoms with Gasteiger partial charge in [-0.25, -0.2) is 9.97 Å². The maximum Gasteiger partial charge on any atom is 0.277 e. The van der Waals surface area contributed by atoms with Gasteiger partial charge < -0.3 is 15.3 Å². The van der Waals surface area contributed by atoms with Gasteiger partial charge in [0.25, 0.3) is 5.56 Å². The number of nitrogens with two attached hydrogens (primary N) is 1. The van der Waals surface area contributed by atoms with Crippen molar-refractivity contribution in [3.05, 3.63) is 76.8 Å². The van der Waals surface area contributed by atoms with Crippen LogP contribution in [-0.4, -0.2) is 19.5 Å². The Hall–Kier alpha value is -3.41. The normalized spacial score (nSPS) is 11.0. The summed E-state index contributed by atoms with van der Waals surface area (Å²) in [6.07, 6.45) is 1.65. The van der Waals surface area contributed by atoms with E-state index in [1.54, 1.807) is 18.5 Å². The lowest BCUT2D eigenvalue weighted by atomic mass is 10.2. The molecule has 0 spiro atoms. The summed E-state index contributed by atoms with van der Waals surface area (Å²) in [5.41, 5.74) is 8.94. The molecule has 118 valence electrons. The number of anilines is 1. The lowest BCUT2D eigenvalue weighted by molar-refractivity contribution is 0.819. The minimum Gasteiger partial charge on any atom is -0.399 e. The van der Waals surface area contributed by atoms with E-state index in [9.17, 15) is 4.79 Å². The predicted molar refractivity (Wildman–Crippen MR) is 93.5 cm³/mol. The molecule has 0 aliphatic rings. The van der Waals surface area contributed by atoms with Crippen LogP contribution in [0.15, 0.2) is 65.7 Å². The Kier molecular flexibility index (Phi) is 3.35. The summed E-state index contributed by atoms with van der Waals surface area (Å²) < 4.78 is 1.81. The van der Waals surface area contributed by atoms with Gasteiger partial charge in [0.1, 0.15) is 5.82 Å². The molecule has 0 amide bonds. The van der Waals surface area contributed by atoms with Gasteiger partial charge in [0.15, 0.2) is 11.2 Å². The standard InChI is InChI=1S/C18H15N5O/c19-14-8-6-13(7-9-14)16-21-17-15(18(24)22-16)23(11-20-17)10-12-4-2-1-3-5-12/h1-9,11H,10,19H2,(H,21,22,24). The Labute approximate surface area is 137 Å². The van der Waals surface area contributed by atoms with Crippen LogP contribution in [0.1, 0.15) is 5.56 Å². The van der Waals surface area contributed by atoms with Gasteiger partial charge in [0.2, 0.25) is 0 Å². The molecule has 2 heterocycles. The van der Waals surface area contributed by atoms with Crippen LogP contribution in [0.3, 0.4) is 0 Å². The van der Waals surface area contributed by atoms with E-state index < -0.39 is 0 Å². The summed E-state index contributed by atoms with van der Waals surface area (Å²) in [5, 5.41) is 0. The van der Waals surface area contributed by atoms with Crippen LogP contribution >= 0.6 is 0 Å². The Morgan fingerprint density at radius 3 is 2.54 bits per heavy atom. The molecule has 0 unspecified atom stereocenters. The molecule has 0 saturated heterocycles. The number of nitrogens with one attached hydrogen (secondary N) is 1. The maximum absolute atomic E-state index is 12.5. The summed E-state index contributed by atoms with van der Waals surface area (Å²) in [7, 11) is 0. The molecule has 0 bridgehead atoms. The quantitative estimate of drug-likeness (QED) is 0.568. The highest BCUT2D eigenvalue weighted by Crippen LogP contribution is 2.17. The topological polar surface area (TPSA) is 89.6 Å². The number of rotatable bonds is 3. The number of H-pyrrole nitrogens is 1. The van der Waals surface area contributed by atoms with Crippen LogP contribution in [0.2, 0.25) is 0 Å². The Morgan fingerprint density at radius 1 is 1.04 bits per heavy atom.